The minimum atomic E-state index is -3.29. The summed E-state index contributed by atoms with van der Waals surface area (Å²) in [5, 5.41) is 0. The number of ether oxygens (including phenoxy) is 3. The van der Waals surface area contributed by atoms with Crippen LogP contribution in [0.1, 0.15) is 17.3 Å². The van der Waals surface area contributed by atoms with Crippen molar-refractivity contribution in [3.63, 3.8) is 0 Å². The Morgan fingerprint density at radius 3 is 2.26 bits per heavy atom. The van der Waals surface area contributed by atoms with Crippen LogP contribution in [0.3, 0.4) is 0 Å². The summed E-state index contributed by atoms with van der Waals surface area (Å²) >= 11 is 0. The molecule has 9 heteroatoms. The van der Waals surface area contributed by atoms with E-state index in [1.165, 1.54) is 37.4 Å². The van der Waals surface area contributed by atoms with Crippen molar-refractivity contribution in [2.75, 3.05) is 20.0 Å². The fraction of sp³-hybridized carbons (Fsp3) is 0.278. The van der Waals surface area contributed by atoms with Crippen LogP contribution < -0.4 is 9.47 Å². The van der Waals surface area contributed by atoms with Gasteiger partial charge in [-0.1, -0.05) is 0 Å². The van der Waals surface area contributed by atoms with E-state index in [1.54, 1.807) is 12.1 Å². The van der Waals surface area contributed by atoms with Crippen molar-refractivity contribution in [1.29, 1.82) is 0 Å². The maximum Gasteiger partial charge on any atom is 0.338 e. The molecule has 0 bridgehead atoms. The van der Waals surface area contributed by atoms with E-state index >= 15 is 0 Å². The van der Waals surface area contributed by atoms with Crippen LogP contribution in [0.15, 0.2) is 47.4 Å². The van der Waals surface area contributed by atoms with E-state index < -0.39 is 15.8 Å². The first-order valence-electron chi connectivity index (χ1n) is 7.92. The highest BCUT2D eigenvalue weighted by Crippen LogP contribution is 2.29. The minimum Gasteiger partial charge on any atom is -0.488 e. The Bertz CT molecular complexity index is 894. The number of hydrogen-bond acceptors (Lipinski definition) is 7. The third kappa shape index (κ3) is 6.20. The number of carbonyl (C=O) groups is 1. The van der Waals surface area contributed by atoms with E-state index in [0.29, 0.717) is 23.9 Å². The molecule has 27 heavy (non-hydrogen) atoms. The topological polar surface area (TPSA) is 88.1 Å². The van der Waals surface area contributed by atoms with E-state index in [1.807, 2.05) is 6.92 Å². The number of esters is 1. The Hall–Kier alpha value is -2.15. The van der Waals surface area contributed by atoms with Gasteiger partial charge in [-0.15, -0.1) is 0 Å². The van der Waals surface area contributed by atoms with E-state index in [0.717, 1.165) is 6.26 Å². The fourth-order valence-electron chi connectivity index (χ4n) is 2.23. The van der Waals surface area contributed by atoms with E-state index in [9.17, 15) is 13.2 Å². The molecule has 0 heterocycles. The van der Waals surface area contributed by atoms with Gasteiger partial charge in [-0.25, -0.2) is 13.2 Å². The Kier molecular flexibility index (Phi) is 7.18. The molecule has 1 unspecified atom stereocenters. The summed E-state index contributed by atoms with van der Waals surface area (Å²) in [4.78, 5) is 12.1. The van der Waals surface area contributed by atoms with Crippen molar-refractivity contribution in [1.82, 2.24) is 0 Å². The molecule has 0 aliphatic carbocycles. The number of sulfone groups is 1. The lowest BCUT2D eigenvalue weighted by Crippen LogP contribution is -2.17. The summed E-state index contributed by atoms with van der Waals surface area (Å²) in [6.07, 6.45) is 0.878. The zero-order chi connectivity index (χ0) is 20.0. The van der Waals surface area contributed by atoms with Gasteiger partial charge < -0.3 is 18.7 Å². The standard InChI is InChI=1S/C18H21O7PS/c1-12(11-23-26)24-15-8-13(18(19)22-2)9-16(10-15)25-14-4-6-17(7-5-14)27(3,20)21/h4-10,12H,11,26H2,1-3H3/t12-/m0/s1. The van der Waals surface area contributed by atoms with Crippen LogP contribution in [-0.4, -0.2) is 40.5 Å². The summed E-state index contributed by atoms with van der Waals surface area (Å²) in [5.41, 5.74) is 0.261. The van der Waals surface area contributed by atoms with Crippen LogP contribution in [0.4, 0.5) is 0 Å². The lowest BCUT2D eigenvalue weighted by molar-refractivity contribution is 0.0599. The molecule has 146 valence electrons. The van der Waals surface area contributed by atoms with Gasteiger partial charge in [0.25, 0.3) is 0 Å². The summed E-state index contributed by atoms with van der Waals surface area (Å²) in [6, 6.07) is 10.6. The zero-order valence-electron chi connectivity index (χ0n) is 15.2. The van der Waals surface area contributed by atoms with Gasteiger partial charge in [0, 0.05) is 21.8 Å². The fourth-order valence-corrected chi connectivity index (χ4v) is 3.13. The van der Waals surface area contributed by atoms with Crippen LogP contribution >= 0.6 is 9.47 Å². The smallest absolute Gasteiger partial charge is 0.338 e. The van der Waals surface area contributed by atoms with Crippen LogP contribution in [0, 0.1) is 0 Å². The van der Waals surface area contributed by atoms with Crippen molar-refractivity contribution in [3.05, 3.63) is 48.0 Å². The van der Waals surface area contributed by atoms with Crippen molar-refractivity contribution in [2.45, 2.75) is 17.9 Å². The summed E-state index contributed by atoms with van der Waals surface area (Å²) in [5.74, 6) is 0.638. The Balaban J connectivity index is 2.30. The van der Waals surface area contributed by atoms with Gasteiger partial charge in [0.05, 0.1) is 24.2 Å². The van der Waals surface area contributed by atoms with Gasteiger partial charge in [-0.3, -0.25) is 0 Å². The molecule has 0 saturated carbocycles. The molecule has 0 aliphatic heterocycles. The first kappa shape index (κ1) is 21.2. The van der Waals surface area contributed by atoms with Crippen molar-refractivity contribution >= 4 is 25.3 Å². The van der Waals surface area contributed by atoms with Gasteiger partial charge in [0.1, 0.15) is 23.4 Å². The van der Waals surface area contributed by atoms with Crippen molar-refractivity contribution < 1.29 is 31.9 Å². The first-order chi connectivity index (χ1) is 12.7. The van der Waals surface area contributed by atoms with Gasteiger partial charge >= 0.3 is 5.97 Å². The summed E-state index contributed by atoms with van der Waals surface area (Å²) < 4.78 is 44.3. The predicted molar refractivity (Wildman–Crippen MR) is 103 cm³/mol. The third-order valence-corrected chi connectivity index (χ3v) is 4.78. The highest BCUT2D eigenvalue weighted by molar-refractivity contribution is 7.90. The highest BCUT2D eigenvalue weighted by Gasteiger charge is 2.14. The monoisotopic (exact) mass is 412 g/mol. The van der Waals surface area contributed by atoms with E-state index in [4.69, 9.17) is 18.7 Å². The Labute approximate surface area is 160 Å². The Morgan fingerprint density at radius 1 is 1.07 bits per heavy atom. The van der Waals surface area contributed by atoms with Gasteiger partial charge in [-0.2, -0.15) is 0 Å². The van der Waals surface area contributed by atoms with Crippen molar-refractivity contribution in [3.8, 4) is 17.2 Å². The second-order valence-corrected chi connectivity index (χ2v) is 8.14. The third-order valence-electron chi connectivity index (χ3n) is 3.46. The average Bonchev–Trinajstić information content (AvgIpc) is 2.60. The highest BCUT2D eigenvalue weighted by atomic mass is 32.2. The van der Waals surface area contributed by atoms with E-state index in [-0.39, 0.29) is 16.6 Å². The number of carbonyl (C=O) groups excluding carboxylic acids is 1. The number of rotatable bonds is 8. The molecular formula is C18H21O7PS. The molecule has 0 spiro atoms. The summed E-state index contributed by atoms with van der Waals surface area (Å²) in [6.45, 7) is 2.16. The van der Waals surface area contributed by atoms with Crippen LogP contribution in [-0.2, 0) is 19.1 Å². The quantitative estimate of drug-likeness (QED) is 0.486. The largest absolute Gasteiger partial charge is 0.488 e. The van der Waals surface area contributed by atoms with Crippen LogP contribution in [0.25, 0.3) is 0 Å². The lowest BCUT2D eigenvalue weighted by Gasteiger charge is -2.16. The second kappa shape index (κ2) is 9.17. The van der Waals surface area contributed by atoms with Gasteiger partial charge in [0.2, 0.25) is 0 Å². The molecule has 0 fully saturated rings. The SMILES string of the molecule is COC(=O)c1cc(Oc2ccc(S(C)(=O)=O)cc2)cc(O[C@@H](C)COP)c1. The van der Waals surface area contributed by atoms with Crippen LogP contribution in [0.2, 0.25) is 0 Å². The molecule has 2 atom stereocenters. The average molecular weight is 412 g/mol. The lowest BCUT2D eigenvalue weighted by atomic mass is 10.2. The Morgan fingerprint density at radius 2 is 1.70 bits per heavy atom. The molecule has 2 aromatic rings. The minimum absolute atomic E-state index is 0.188. The predicted octanol–water partition coefficient (Wildman–Crippen LogP) is 3.24. The molecule has 0 N–H and O–H groups in total. The van der Waals surface area contributed by atoms with Gasteiger partial charge in [-0.05, 0) is 43.3 Å². The normalized spacial score (nSPS) is 12.3. The number of methoxy groups -OCH3 is 1. The molecule has 0 amide bonds. The van der Waals surface area contributed by atoms with E-state index in [2.05, 4.69) is 9.47 Å². The molecule has 0 saturated heterocycles. The molecule has 0 radical (unpaired) electrons. The molecular weight excluding hydrogens is 391 g/mol. The maximum atomic E-state index is 11.9. The van der Waals surface area contributed by atoms with Crippen LogP contribution in [0.5, 0.6) is 17.2 Å². The molecule has 2 rings (SSSR count). The number of benzene rings is 2. The molecule has 0 aromatic heterocycles. The van der Waals surface area contributed by atoms with Crippen molar-refractivity contribution in [2.24, 2.45) is 0 Å². The second-order valence-electron chi connectivity index (χ2n) is 5.79. The molecule has 0 aliphatic rings. The number of hydrogen-bond donors (Lipinski definition) is 0. The molecule has 2 aromatic carbocycles. The van der Waals surface area contributed by atoms with Gasteiger partial charge in [0.15, 0.2) is 9.84 Å². The zero-order valence-corrected chi connectivity index (χ0v) is 17.1. The maximum absolute atomic E-state index is 11.9. The first-order valence-corrected chi connectivity index (χ1v) is 10.3. The summed E-state index contributed by atoms with van der Waals surface area (Å²) in [7, 11) is 0.140. The molecule has 7 nitrogen and oxygen atoms in total.